The molecule has 1 amide bonds. The van der Waals surface area contributed by atoms with Gasteiger partial charge in [0.2, 0.25) is 5.91 Å². The SMILES string of the molecule is CCC1(C(=O)N(C)Cc2ccccc2OC)CCCN1.Cl. The van der Waals surface area contributed by atoms with Gasteiger partial charge in [-0.1, -0.05) is 25.1 Å². The average molecular weight is 313 g/mol. The Labute approximate surface area is 133 Å². The van der Waals surface area contributed by atoms with Gasteiger partial charge in [-0.05, 0) is 31.9 Å². The number of rotatable bonds is 5. The van der Waals surface area contributed by atoms with Crippen LogP contribution in [-0.4, -0.2) is 37.0 Å². The highest BCUT2D eigenvalue weighted by Crippen LogP contribution is 2.26. The minimum atomic E-state index is -0.364. The van der Waals surface area contributed by atoms with Crippen LogP contribution in [0.1, 0.15) is 31.7 Å². The summed E-state index contributed by atoms with van der Waals surface area (Å²) in [4.78, 5) is 14.5. The number of para-hydroxylation sites is 1. The van der Waals surface area contributed by atoms with E-state index in [-0.39, 0.29) is 23.9 Å². The molecule has 1 unspecified atom stereocenters. The quantitative estimate of drug-likeness (QED) is 0.908. The number of halogens is 1. The maximum absolute atomic E-state index is 12.7. The fraction of sp³-hybridized carbons (Fsp3) is 0.562. The highest BCUT2D eigenvalue weighted by molar-refractivity contribution is 5.86. The van der Waals surface area contributed by atoms with E-state index >= 15 is 0 Å². The number of benzene rings is 1. The molecule has 0 aromatic heterocycles. The number of hydrogen-bond acceptors (Lipinski definition) is 3. The molecular weight excluding hydrogens is 288 g/mol. The summed E-state index contributed by atoms with van der Waals surface area (Å²) in [7, 11) is 3.53. The van der Waals surface area contributed by atoms with Crippen molar-refractivity contribution in [1.82, 2.24) is 10.2 Å². The van der Waals surface area contributed by atoms with Crippen LogP contribution in [-0.2, 0) is 11.3 Å². The highest BCUT2D eigenvalue weighted by Gasteiger charge is 2.40. The van der Waals surface area contributed by atoms with Gasteiger partial charge in [-0.3, -0.25) is 4.79 Å². The number of nitrogens with one attached hydrogen (secondary N) is 1. The van der Waals surface area contributed by atoms with Crippen molar-refractivity contribution < 1.29 is 9.53 Å². The highest BCUT2D eigenvalue weighted by atomic mass is 35.5. The summed E-state index contributed by atoms with van der Waals surface area (Å²) in [6.45, 7) is 3.58. The molecule has 0 radical (unpaired) electrons. The fourth-order valence-corrected chi connectivity index (χ4v) is 2.97. The number of likely N-dealkylation sites (N-methyl/N-ethyl adjacent to an activating group) is 1. The zero-order chi connectivity index (χ0) is 14.6. The van der Waals surface area contributed by atoms with Crippen molar-refractivity contribution in [2.75, 3.05) is 20.7 Å². The number of carbonyl (C=O) groups excluding carboxylic acids is 1. The van der Waals surface area contributed by atoms with Gasteiger partial charge in [-0.15, -0.1) is 12.4 Å². The molecule has 4 nitrogen and oxygen atoms in total. The molecule has 1 aromatic rings. The van der Waals surface area contributed by atoms with Crippen LogP contribution in [0.3, 0.4) is 0 Å². The average Bonchev–Trinajstić information content (AvgIpc) is 2.97. The molecule has 1 N–H and O–H groups in total. The number of nitrogens with zero attached hydrogens (tertiary/aromatic N) is 1. The topological polar surface area (TPSA) is 41.6 Å². The van der Waals surface area contributed by atoms with E-state index in [2.05, 4.69) is 12.2 Å². The molecular formula is C16H25ClN2O2. The first-order chi connectivity index (χ1) is 9.63. The van der Waals surface area contributed by atoms with Gasteiger partial charge in [-0.2, -0.15) is 0 Å². The molecule has 1 saturated heterocycles. The Hall–Kier alpha value is -1.26. The Morgan fingerprint density at radius 1 is 1.43 bits per heavy atom. The second kappa shape index (κ2) is 7.66. The lowest BCUT2D eigenvalue weighted by Gasteiger charge is -2.32. The first-order valence-electron chi connectivity index (χ1n) is 7.25. The van der Waals surface area contributed by atoms with Crippen LogP contribution < -0.4 is 10.1 Å². The summed E-state index contributed by atoms with van der Waals surface area (Å²) in [5.41, 5.74) is 0.673. The van der Waals surface area contributed by atoms with Gasteiger partial charge >= 0.3 is 0 Å². The van der Waals surface area contributed by atoms with Crippen LogP contribution in [0.4, 0.5) is 0 Å². The van der Waals surface area contributed by atoms with E-state index in [0.717, 1.165) is 37.1 Å². The van der Waals surface area contributed by atoms with E-state index in [1.807, 2.05) is 31.3 Å². The molecule has 1 heterocycles. The van der Waals surface area contributed by atoms with Gasteiger partial charge in [-0.25, -0.2) is 0 Å². The Balaban J connectivity index is 0.00000220. The molecule has 21 heavy (non-hydrogen) atoms. The Bertz CT molecular complexity index is 473. The number of carbonyl (C=O) groups is 1. The number of hydrogen-bond donors (Lipinski definition) is 1. The minimum Gasteiger partial charge on any atom is -0.496 e. The smallest absolute Gasteiger partial charge is 0.242 e. The van der Waals surface area contributed by atoms with E-state index in [0.29, 0.717) is 6.54 Å². The maximum atomic E-state index is 12.7. The number of amides is 1. The van der Waals surface area contributed by atoms with Crippen molar-refractivity contribution in [2.24, 2.45) is 0 Å². The van der Waals surface area contributed by atoms with Crippen molar-refractivity contribution in [3.8, 4) is 5.75 Å². The lowest BCUT2D eigenvalue weighted by atomic mass is 9.92. The summed E-state index contributed by atoms with van der Waals surface area (Å²) in [5, 5.41) is 3.39. The lowest BCUT2D eigenvalue weighted by molar-refractivity contribution is -0.137. The maximum Gasteiger partial charge on any atom is 0.242 e. The molecule has 0 saturated carbocycles. The van der Waals surface area contributed by atoms with Gasteiger partial charge < -0.3 is 15.0 Å². The zero-order valence-corrected chi connectivity index (χ0v) is 13.8. The normalized spacial score (nSPS) is 20.7. The predicted octanol–water partition coefficient (Wildman–Crippen LogP) is 2.61. The number of methoxy groups -OCH3 is 1. The summed E-state index contributed by atoms with van der Waals surface area (Å²) >= 11 is 0. The lowest BCUT2D eigenvalue weighted by Crippen LogP contribution is -2.53. The van der Waals surface area contributed by atoms with Crippen molar-refractivity contribution in [1.29, 1.82) is 0 Å². The molecule has 2 rings (SSSR count). The number of ether oxygens (including phenoxy) is 1. The van der Waals surface area contributed by atoms with Crippen LogP contribution in [0.2, 0.25) is 0 Å². The first kappa shape index (κ1) is 17.8. The van der Waals surface area contributed by atoms with Crippen LogP contribution >= 0.6 is 12.4 Å². The molecule has 118 valence electrons. The molecule has 1 atom stereocenters. The summed E-state index contributed by atoms with van der Waals surface area (Å²) in [5.74, 6) is 1.01. The van der Waals surface area contributed by atoms with E-state index in [9.17, 15) is 4.79 Å². The fourth-order valence-electron chi connectivity index (χ4n) is 2.97. The zero-order valence-electron chi connectivity index (χ0n) is 13.0. The second-order valence-corrected chi connectivity index (χ2v) is 5.44. The third kappa shape index (κ3) is 3.69. The second-order valence-electron chi connectivity index (χ2n) is 5.44. The molecule has 0 aliphatic carbocycles. The van der Waals surface area contributed by atoms with Crippen molar-refractivity contribution in [3.63, 3.8) is 0 Å². The summed E-state index contributed by atoms with van der Waals surface area (Å²) in [6, 6.07) is 7.84. The predicted molar refractivity (Wildman–Crippen MR) is 87.0 cm³/mol. The summed E-state index contributed by atoms with van der Waals surface area (Å²) in [6.07, 6.45) is 2.84. The molecule has 1 fully saturated rings. The monoisotopic (exact) mass is 312 g/mol. The third-order valence-electron chi connectivity index (χ3n) is 4.20. The Morgan fingerprint density at radius 2 is 2.14 bits per heavy atom. The van der Waals surface area contributed by atoms with Gasteiger partial charge in [0.05, 0.1) is 12.6 Å². The van der Waals surface area contributed by atoms with Crippen LogP contribution in [0.25, 0.3) is 0 Å². The van der Waals surface area contributed by atoms with Gasteiger partial charge in [0.15, 0.2) is 0 Å². The van der Waals surface area contributed by atoms with Crippen molar-refractivity contribution in [3.05, 3.63) is 29.8 Å². The van der Waals surface area contributed by atoms with Gasteiger partial charge in [0.25, 0.3) is 0 Å². The first-order valence-corrected chi connectivity index (χ1v) is 7.25. The molecule has 0 bridgehead atoms. The van der Waals surface area contributed by atoms with Gasteiger partial charge in [0.1, 0.15) is 5.75 Å². The molecule has 1 aliphatic heterocycles. The Morgan fingerprint density at radius 3 is 2.71 bits per heavy atom. The van der Waals surface area contributed by atoms with Crippen molar-refractivity contribution >= 4 is 18.3 Å². The van der Waals surface area contributed by atoms with E-state index < -0.39 is 0 Å². The van der Waals surface area contributed by atoms with Crippen molar-refractivity contribution in [2.45, 2.75) is 38.3 Å². The molecule has 1 aromatic carbocycles. The third-order valence-corrected chi connectivity index (χ3v) is 4.20. The molecule has 5 heteroatoms. The van der Waals surface area contributed by atoms with Crippen LogP contribution in [0.5, 0.6) is 5.75 Å². The summed E-state index contributed by atoms with van der Waals surface area (Å²) < 4.78 is 5.35. The standard InChI is InChI=1S/C16H24N2O2.ClH/c1-4-16(10-7-11-17-16)15(19)18(2)12-13-8-5-6-9-14(13)20-3;/h5-6,8-9,17H,4,7,10-12H2,1-3H3;1H. The van der Waals surface area contributed by atoms with E-state index in [4.69, 9.17) is 4.74 Å². The van der Waals surface area contributed by atoms with Crippen LogP contribution in [0.15, 0.2) is 24.3 Å². The molecule has 1 aliphatic rings. The molecule has 0 spiro atoms. The van der Waals surface area contributed by atoms with Gasteiger partial charge in [0, 0.05) is 19.2 Å². The van der Waals surface area contributed by atoms with E-state index in [1.165, 1.54) is 0 Å². The minimum absolute atomic E-state index is 0. The largest absolute Gasteiger partial charge is 0.496 e. The van der Waals surface area contributed by atoms with E-state index in [1.54, 1.807) is 12.0 Å². The van der Waals surface area contributed by atoms with Crippen LogP contribution in [0, 0.1) is 0 Å². The Kier molecular flexibility index (Phi) is 6.49.